The van der Waals surface area contributed by atoms with Crippen molar-refractivity contribution in [2.24, 2.45) is 0 Å². The van der Waals surface area contributed by atoms with Crippen LogP contribution in [0.4, 0.5) is 10.9 Å². The van der Waals surface area contributed by atoms with E-state index in [0.717, 1.165) is 28.6 Å². The lowest BCUT2D eigenvalue weighted by atomic mass is 9.96. The predicted octanol–water partition coefficient (Wildman–Crippen LogP) is 5.10. The van der Waals surface area contributed by atoms with E-state index in [-0.39, 0.29) is 11.8 Å². The molecule has 4 heterocycles. The monoisotopic (exact) mass is 534 g/mol. The maximum absolute atomic E-state index is 12.1. The first-order valence-electron chi connectivity index (χ1n) is 11.9. The third kappa shape index (κ3) is 6.43. The highest BCUT2D eigenvalue weighted by Crippen LogP contribution is 2.36. The van der Waals surface area contributed by atoms with E-state index in [1.54, 1.807) is 17.3 Å². The van der Waals surface area contributed by atoms with Crippen molar-refractivity contribution < 1.29 is 14.6 Å². The molecule has 2 N–H and O–H groups in total. The van der Waals surface area contributed by atoms with Crippen LogP contribution in [0.1, 0.15) is 31.5 Å². The van der Waals surface area contributed by atoms with Crippen molar-refractivity contribution in [3.8, 4) is 11.5 Å². The molecule has 5 rings (SSSR count). The second-order valence-corrected chi connectivity index (χ2v) is 10.4. The van der Waals surface area contributed by atoms with Crippen LogP contribution in [0.3, 0.4) is 0 Å². The van der Waals surface area contributed by atoms with Crippen LogP contribution in [-0.4, -0.2) is 54.4 Å². The van der Waals surface area contributed by atoms with E-state index < -0.39 is 6.10 Å². The fourth-order valence-corrected chi connectivity index (χ4v) is 5.39. The molecule has 4 aromatic rings. The van der Waals surface area contributed by atoms with Crippen LogP contribution in [0, 0.1) is 0 Å². The molecule has 37 heavy (non-hydrogen) atoms. The van der Waals surface area contributed by atoms with Gasteiger partial charge < -0.3 is 20.1 Å². The number of pyridine rings is 2. The first-order chi connectivity index (χ1) is 18.0. The van der Waals surface area contributed by atoms with E-state index in [4.69, 9.17) is 9.72 Å². The summed E-state index contributed by atoms with van der Waals surface area (Å²) < 4.78 is 10.7. The Morgan fingerprint density at radius 1 is 1.16 bits per heavy atom. The highest BCUT2D eigenvalue weighted by atomic mass is 32.2. The minimum absolute atomic E-state index is 0.162. The van der Waals surface area contributed by atoms with Gasteiger partial charge in [-0.2, -0.15) is 4.37 Å². The third-order valence-electron chi connectivity index (χ3n) is 5.86. The number of amides is 1. The zero-order chi connectivity index (χ0) is 25.6. The summed E-state index contributed by atoms with van der Waals surface area (Å²) in [6, 6.07) is 17.3. The molecule has 3 aromatic heterocycles. The van der Waals surface area contributed by atoms with Crippen molar-refractivity contribution in [1.82, 2.24) is 24.2 Å². The molecule has 0 radical (unpaired) electrons. The number of carbonyl (C=O) groups excluding carboxylic acids is 1. The number of piperidine rings is 1. The number of hydrogen-bond acceptors (Lipinski definition) is 10. The Bertz CT molecular complexity index is 1330. The van der Waals surface area contributed by atoms with Gasteiger partial charge in [0.2, 0.25) is 5.13 Å². The summed E-state index contributed by atoms with van der Waals surface area (Å²) in [5.41, 5.74) is 0. The van der Waals surface area contributed by atoms with Crippen molar-refractivity contribution in [2.75, 3.05) is 18.4 Å². The molecule has 190 valence electrons. The average molecular weight is 535 g/mol. The quantitative estimate of drug-likeness (QED) is 0.319. The van der Waals surface area contributed by atoms with Gasteiger partial charge in [0.15, 0.2) is 11.6 Å². The number of anilines is 2. The van der Waals surface area contributed by atoms with Crippen molar-refractivity contribution in [1.29, 1.82) is 0 Å². The number of ether oxygens (including phenoxy) is 1. The smallest absolute Gasteiger partial charge is 0.251 e. The Balaban J connectivity index is 1.31. The average Bonchev–Trinajstić information content (AvgIpc) is 3.39. The molecule has 9 nitrogen and oxygen atoms in total. The van der Waals surface area contributed by atoms with E-state index in [1.807, 2.05) is 54.6 Å². The van der Waals surface area contributed by atoms with Crippen molar-refractivity contribution >= 4 is 40.2 Å². The molecule has 1 aliphatic rings. The van der Waals surface area contributed by atoms with Crippen molar-refractivity contribution in [3.63, 3.8) is 0 Å². The van der Waals surface area contributed by atoms with E-state index in [1.165, 1.54) is 30.2 Å². The number of nitrogens with zero attached hydrogens (tertiary/aromatic N) is 5. The van der Waals surface area contributed by atoms with Gasteiger partial charge in [-0.3, -0.25) is 4.79 Å². The molecule has 1 fully saturated rings. The summed E-state index contributed by atoms with van der Waals surface area (Å²) in [7, 11) is 0. The molecule has 1 atom stereocenters. The second kappa shape index (κ2) is 11.7. The normalized spacial score (nSPS) is 14.8. The first kappa shape index (κ1) is 25.1. The van der Waals surface area contributed by atoms with E-state index in [9.17, 15) is 9.90 Å². The van der Waals surface area contributed by atoms with Gasteiger partial charge >= 0.3 is 0 Å². The number of nitrogens with one attached hydrogen (secondary N) is 1. The summed E-state index contributed by atoms with van der Waals surface area (Å²) in [6.45, 7) is 2.67. The number of carbonyl (C=O) groups is 1. The fraction of sp³-hybridized carbons (Fsp3) is 0.269. The lowest BCUT2D eigenvalue weighted by Crippen LogP contribution is -2.42. The zero-order valence-corrected chi connectivity index (χ0v) is 21.8. The van der Waals surface area contributed by atoms with Crippen LogP contribution in [0.5, 0.6) is 11.5 Å². The SMILES string of the molecule is C[C@H](O)C(=O)N1CCC(c2nsc(Nc3ncc(Sc4ccccn4)cc3Oc3ccccc3)n2)CC1. The fourth-order valence-electron chi connectivity index (χ4n) is 3.97. The Labute approximate surface area is 223 Å². The molecular weight excluding hydrogens is 508 g/mol. The van der Waals surface area contributed by atoms with Gasteiger partial charge in [0.05, 0.1) is 0 Å². The minimum atomic E-state index is -0.974. The number of likely N-dealkylation sites (tertiary alicyclic amines) is 1. The molecule has 1 aromatic carbocycles. The van der Waals surface area contributed by atoms with Crippen LogP contribution in [0.2, 0.25) is 0 Å². The molecule has 1 saturated heterocycles. The van der Waals surface area contributed by atoms with Crippen LogP contribution in [0.25, 0.3) is 0 Å². The Morgan fingerprint density at radius 2 is 1.95 bits per heavy atom. The molecule has 1 amide bonds. The summed E-state index contributed by atoms with van der Waals surface area (Å²) >= 11 is 2.77. The van der Waals surface area contributed by atoms with Gasteiger partial charge in [-0.1, -0.05) is 36.0 Å². The largest absolute Gasteiger partial charge is 0.453 e. The number of hydrogen-bond donors (Lipinski definition) is 2. The first-order valence-corrected chi connectivity index (χ1v) is 13.5. The van der Waals surface area contributed by atoms with Crippen LogP contribution >= 0.6 is 23.3 Å². The molecule has 0 unspecified atom stereocenters. The molecular formula is C26H26N6O3S2. The van der Waals surface area contributed by atoms with Crippen LogP contribution < -0.4 is 10.1 Å². The topological polar surface area (TPSA) is 113 Å². The van der Waals surface area contributed by atoms with E-state index >= 15 is 0 Å². The highest BCUT2D eigenvalue weighted by molar-refractivity contribution is 7.99. The number of benzene rings is 1. The molecule has 1 aliphatic heterocycles. The van der Waals surface area contributed by atoms with Gasteiger partial charge in [-0.25, -0.2) is 15.0 Å². The summed E-state index contributed by atoms with van der Waals surface area (Å²) in [5.74, 6) is 2.49. The van der Waals surface area contributed by atoms with E-state index in [2.05, 4.69) is 19.7 Å². The van der Waals surface area contributed by atoms with Crippen molar-refractivity contribution in [2.45, 2.75) is 41.7 Å². The van der Waals surface area contributed by atoms with Crippen LogP contribution in [-0.2, 0) is 4.79 Å². The molecule has 11 heteroatoms. The number of aliphatic hydroxyl groups excluding tert-OH is 1. The van der Waals surface area contributed by atoms with Crippen molar-refractivity contribution in [3.05, 3.63) is 72.8 Å². The lowest BCUT2D eigenvalue weighted by molar-refractivity contribution is -0.140. The van der Waals surface area contributed by atoms with Crippen LogP contribution in [0.15, 0.2) is 76.9 Å². The summed E-state index contributed by atoms with van der Waals surface area (Å²) in [4.78, 5) is 28.3. The van der Waals surface area contributed by atoms with Gasteiger partial charge in [-0.05, 0) is 44.0 Å². The van der Waals surface area contributed by atoms with Gasteiger partial charge in [0.25, 0.3) is 5.91 Å². The summed E-state index contributed by atoms with van der Waals surface area (Å²) in [6.07, 6.45) is 4.08. The molecule has 0 bridgehead atoms. The second-order valence-electron chi connectivity index (χ2n) is 8.56. The standard InChI is InChI=1S/C26H26N6O3S2/c1-17(33)25(34)32-13-10-18(11-14-32)23-29-26(37-31-23)30-24-21(35-19-7-3-2-4-8-19)15-20(16-28-24)36-22-9-5-6-12-27-22/h2-9,12,15-18,33H,10-11,13-14H2,1H3,(H,28,29,30,31)/t17-/m0/s1. The number of aromatic nitrogens is 4. The van der Waals surface area contributed by atoms with E-state index in [0.29, 0.717) is 35.5 Å². The van der Waals surface area contributed by atoms with Gasteiger partial charge in [-0.15, -0.1) is 0 Å². The minimum Gasteiger partial charge on any atom is -0.453 e. The number of aliphatic hydroxyl groups is 1. The maximum atomic E-state index is 12.1. The summed E-state index contributed by atoms with van der Waals surface area (Å²) in [5, 5.41) is 14.3. The Kier molecular flexibility index (Phi) is 7.93. The zero-order valence-electron chi connectivity index (χ0n) is 20.2. The third-order valence-corrected chi connectivity index (χ3v) is 7.41. The Morgan fingerprint density at radius 3 is 2.68 bits per heavy atom. The van der Waals surface area contributed by atoms with Gasteiger partial charge in [0.1, 0.15) is 22.7 Å². The molecule has 0 aliphatic carbocycles. The molecule has 0 spiro atoms. The highest BCUT2D eigenvalue weighted by Gasteiger charge is 2.28. The molecule has 0 saturated carbocycles. The van der Waals surface area contributed by atoms with Gasteiger partial charge in [0, 0.05) is 53.9 Å². The number of rotatable bonds is 8. The maximum Gasteiger partial charge on any atom is 0.251 e. The Hall–Kier alpha value is -3.54. The lowest BCUT2D eigenvalue weighted by Gasteiger charge is -2.31. The number of para-hydroxylation sites is 1. The predicted molar refractivity (Wildman–Crippen MR) is 143 cm³/mol.